The summed E-state index contributed by atoms with van der Waals surface area (Å²) >= 11 is 0. The lowest BCUT2D eigenvalue weighted by Crippen LogP contribution is -2.33. The summed E-state index contributed by atoms with van der Waals surface area (Å²) in [6, 6.07) is 21.5. The third-order valence-corrected chi connectivity index (χ3v) is 6.65. The molecule has 8 nitrogen and oxygen atoms in total. The molecule has 0 fully saturated rings. The van der Waals surface area contributed by atoms with Crippen molar-refractivity contribution >= 4 is 27.5 Å². The van der Waals surface area contributed by atoms with Gasteiger partial charge in [-0.15, -0.1) is 0 Å². The predicted octanol–water partition coefficient (Wildman–Crippen LogP) is 3.52. The summed E-state index contributed by atoms with van der Waals surface area (Å²) in [4.78, 5) is 24.7. The smallest absolute Gasteiger partial charge is 0.269 e. The standard InChI is InChI=1S/C23H17N3O5S/c24-15-16-14-17(10-11-20(16)31-18-6-2-1-3-7-18)25-22(27)12-13-26-23(28)19-8-4-5-9-21(19)32(26,29)30/h1-11,14H,12-13H2,(H,25,27). The predicted molar refractivity (Wildman–Crippen MR) is 116 cm³/mol. The van der Waals surface area contributed by atoms with E-state index in [1.165, 1.54) is 24.3 Å². The molecule has 0 spiro atoms. The molecule has 0 radical (unpaired) electrons. The Morgan fingerprint density at radius 2 is 1.75 bits per heavy atom. The molecule has 3 aromatic carbocycles. The number of benzene rings is 3. The Morgan fingerprint density at radius 3 is 2.47 bits per heavy atom. The number of hydrogen-bond donors (Lipinski definition) is 1. The molecule has 0 aromatic heterocycles. The van der Waals surface area contributed by atoms with Crippen LogP contribution in [0, 0.1) is 11.3 Å². The van der Waals surface area contributed by atoms with Gasteiger partial charge in [-0.25, -0.2) is 12.7 Å². The summed E-state index contributed by atoms with van der Waals surface area (Å²) in [5.41, 5.74) is 0.672. The molecular weight excluding hydrogens is 430 g/mol. The van der Waals surface area contributed by atoms with Gasteiger partial charge in [0.25, 0.3) is 15.9 Å². The molecule has 0 unspecified atom stereocenters. The Kier molecular flexibility index (Phi) is 5.62. The van der Waals surface area contributed by atoms with E-state index >= 15 is 0 Å². The number of nitrogens with zero attached hydrogens (tertiary/aromatic N) is 2. The van der Waals surface area contributed by atoms with E-state index in [9.17, 15) is 23.3 Å². The van der Waals surface area contributed by atoms with Crippen LogP contribution in [0.4, 0.5) is 5.69 Å². The van der Waals surface area contributed by atoms with Gasteiger partial charge in [-0.2, -0.15) is 5.26 Å². The Hall–Kier alpha value is -4.16. The highest BCUT2D eigenvalue weighted by Crippen LogP contribution is 2.30. The van der Waals surface area contributed by atoms with Crippen molar-refractivity contribution in [2.75, 3.05) is 11.9 Å². The first-order chi connectivity index (χ1) is 15.4. The molecule has 1 N–H and O–H groups in total. The van der Waals surface area contributed by atoms with Gasteiger partial charge in [-0.3, -0.25) is 9.59 Å². The molecule has 2 amide bonds. The second-order valence-electron chi connectivity index (χ2n) is 6.91. The molecule has 1 heterocycles. The largest absolute Gasteiger partial charge is 0.456 e. The van der Waals surface area contributed by atoms with Crippen LogP contribution in [0.1, 0.15) is 22.3 Å². The second kappa shape index (κ2) is 8.53. The van der Waals surface area contributed by atoms with Crippen molar-refractivity contribution in [3.8, 4) is 17.6 Å². The van der Waals surface area contributed by atoms with Gasteiger partial charge in [0, 0.05) is 18.7 Å². The van der Waals surface area contributed by atoms with Crippen LogP contribution < -0.4 is 10.1 Å². The molecule has 9 heteroatoms. The van der Waals surface area contributed by atoms with E-state index in [2.05, 4.69) is 5.32 Å². The number of hydrogen-bond acceptors (Lipinski definition) is 6. The van der Waals surface area contributed by atoms with Crippen LogP contribution >= 0.6 is 0 Å². The van der Waals surface area contributed by atoms with Crippen LogP contribution in [0.2, 0.25) is 0 Å². The summed E-state index contributed by atoms with van der Waals surface area (Å²) in [5.74, 6) is -0.242. The molecule has 1 aliphatic rings. The van der Waals surface area contributed by atoms with Gasteiger partial charge in [0.05, 0.1) is 11.1 Å². The fraction of sp³-hybridized carbons (Fsp3) is 0.0870. The van der Waals surface area contributed by atoms with Gasteiger partial charge in [0.1, 0.15) is 22.5 Å². The molecule has 0 atom stereocenters. The quantitative estimate of drug-likeness (QED) is 0.618. The topological polar surface area (TPSA) is 117 Å². The van der Waals surface area contributed by atoms with E-state index in [-0.39, 0.29) is 29.0 Å². The van der Waals surface area contributed by atoms with Crippen molar-refractivity contribution in [3.63, 3.8) is 0 Å². The number of anilines is 1. The third-order valence-electron chi connectivity index (χ3n) is 4.81. The van der Waals surface area contributed by atoms with Gasteiger partial charge in [-0.05, 0) is 42.5 Å². The van der Waals surface area contributed by atoms with Crippen molar-refractivity contribution in [3.05, 3.63) is 83.9 Å². The van der Waals surface area contributed by atoms with Crippen molar-refractivity contribution in [2.24, 2.45) is 0 Å². The number of para-hydroxylation sites is 1. The minimum atomic E-state index is -3.97. The number of amides is 2. The van der Waals surface area contributed by atoms with Crippen LogP contribution in [0.15, 0.2) is 77.7 Å². The summed E-state index contributed by atoms with van der Waals surface area (Å²) in [5, 5.41) is 12.0. The lowest BCUT2D eigenvalue weighted by molar-refractivity contribution is -0.116. The van der Waals surface area contributed by atoms with Gasteiger partial charge in [0.2, 0.25) is 5.91 Å². The van der Waals surface area contributed by atoms with Crippen molar-refractivity contribution in [1.29, 1.82) is 5.26 Å². The Labute approximate surface area is 184 Å². The molecule has 4 rings (SSSR count). The Balaban J connectivity index is 1.42. The van der Waals surface area contributed by atoms with Crippen LogP contribution in [0.5, 0.6) is 11.5 Å². The van der Waals surface area contributed by atoms with Crippen LogP contribution in [-0.2, 0) is 14.8 Å². The Morgan fingerprint density at radius 1 is 1.03 bits per heavy atom. The van der Waals surface area contributed by atoms with Crippen molar-refractivity contribution < 1.29 is 22.7 Å². The number of ether oxygens (including phenoxy) is 1. The maximum Gasteiger partial charge on any atom is 0.269 e. The highest BCUT2D eigenvalue weighted by molar-refractivity contribution is 7.90. The molecule has 0 bridgehead atoms. The fourth-order valence-corrected chi connectivity index (χ4v) is 4.85. The number of sulfonamides is 1. The third kappa shape index (κ3) is 4.04. The van der Waals surface area contributed by atoms with E-state index in [4.69, 9.17) is 4.74 Å². The van der Waals surface area contributed by atoms with Crippen molar-refractivity contribution in [1.82, 2.24) is 4.31 Å². The zero-order valence-corrected chi connectivity index (χ0v) is 17.5. The highest BCUT2D eigenvalue weighted by Gasteiger charge is 2.40. The second-order valence-corrected chi connectivity index (χ2v) is 8.75. The van der Waals surface area contributed by atoms with E-state index in [1.54, 1.807) is 42.5 Å². The number of fused-ring (bicyclic) bond motifs is 1. The molecule has 0 saturated carbocycles. The minimum Gasteiger partial charge on any atom is -0.456 e. The van der Waals surface area contributed by atoms with E-state index in [1.807, 2.05) is 12.1 Å². The lowest BCUT2D eigenvalue weighted by Gasteiger charge is -2.15. The van der Waals surface area contributed by atoms with Crippen molar-refractivity contribution in [2.45, 2.75) is 11.3 Å². The lowest BCUT2D eigenvalue weighted by atomic mass is 10.2. The maximum absolute atomic E-state index is 12.6. The zero-order chi connectivity index (χ0) is 22.7. The average Bonchev–Trinajstić information content (AvgIpc) is 2.99. The normalized spacial score (nSPS) is 13.8. The van der Waals surface area contributed by atoms with E-state index in [0.717, 1.165) is 0 Å². The summed E-state index contributed by atoms with van der Waals surface area (Å²) in [7, 11) is -3.97. The highest BCUT2D eigenvalue weighted by atomic mass is 32.2. The van der Waals surface area contributed by atoms with Crippen LogP contribution in [-0.4, -0.2) is 31.1 Å². The molecular formula is C23H17N3O5S. The fourth-order valence-electron chi connectivity index (χ4n) is 3.28. The average molecular weight is 447 g/mol. The first kappa shape index (κ1) is 21.1. The van der Waals surface area contributed by atoms with Gasteiger partial charge in [0.15, 0.2) is 0 Å². The van der Waals surface area contributed by atoms with Gasteiger partial charge >= 0.3 is 0 Å². The number of carbonyl (C=O) groups excluding carboxylic acids is 2. The molecule has 160 valence electrons. The maximum atomic E-state index is 12.6. The first-order valence-electron chi connectivity index (χ1n) is 9.63. The Bertz CT molecular complexity index is 1350. The van der Waals surface area contributed by atoms with Gasteiger partial charge in [-0.1, -0.05) is 30.3 Å². The van der Waals surface area contributed by atoms with Gasteiger partial charge < -0.3 is 10.1 Å². The summed E-state index contributed by atoms with van der Waals surface area (Å²) in [6.45, 7) is -0.290. The zero-order valence-electron chi connectivity index (χ0n) is 16.7. The number of nitriles is 1. The first-order valence-corrected chi connectivity index (χ1v) is 11.1. The number of carbonyl (C=O) groups is 2. The van der Waals surface area contributed by atoms with E-state index < -0.39 is 21.8 Å². The summed E-state index contributed by atoms with van der Waals surface area (Å²) in [6.07, 6.45) is -0.233. The monoisotopic (exact) mass is 447 g/mol. The minimum absolute atomic E-state index is 0.0573. The SMILES string of the molecule is N#Cc1cc(NC(=O)CCN2C(=O)c3ccccc3S2(=O)=O)ccc1Oc1ccccc1. The van der Waals surface area contributed by atoms with E-state index in [0.29, 0.717) is 21.5 Å². The van der Waals surface area contributed by atoms with Crippen LogP contribution in [0.3, 0.4) is 0 Å². The summed E-state index contributed by atoms with van der Waals surface area (Å²) < 4.78 is 31.5. The molecule has 0 saturated heterocycles. The van der Waals surface area contributed by atoms with Crippen LogP contribution in [0.25, 0.3) is 0 Å². The molecule has 32 heavy (non-hydrogen) atoms. The molecule has 1 aliphatic heterocycles. The molecule has 3 aromatic rings. The number of nitrogens with one attached hydrogen (secondary N) is 1. The number of rotatable bonds is 6. The molecule has 0 aliphatic carbocycles.